The molecule has 1 atom stereocenters. The Kier molecular flexibility index (Phi) is 7.65. The van der Waals surface area contributed by atoms with Crippen molar-refractivity contribution in [2.45, 2.75) is 32.4 Å². The Morgan fingerprint density at radius 2 is 1.66 bits per heavy atom. The maximum Gasteiger partial charge on any atom is 0.240 e. The number of para-hydroxylation sites is 1. The number of aromatic nitrogens is 2. The lowest BCUT2D eigenvalue weighted by atomic mass is 9.96. The van der Waals surface area contributed by atoms with Crippen LogP contribution < -0.4 is 10.2 Å². The first-order valence-corrected chi connectivity index (χ1v) is 14.0. The van der Waals surface area contributed by atoms with Crippen LogP contribution >= 0.6 is 11.8 Å². The molecule has 4 aromatic rings. The van der Waals surface area contributed by atoms with Crippen molar-refractivity contribution in [1.82, 2.24) is 15.1 Å². The second kappa shape index (κ2) is 11.3. The molecular weight excluding hydrogens is 492 g/mol. The highest BCUT2D eigenvalue weighted by atomic mass is 32.2. The maximum absolute atomic E-state index is 13.7. The second-order valence-electron chi connectivity index (χ2n) is 9.53. The van der Waals surface area contributed by atoms with Gasteiger partial charge in [0.25, 0.3) is 0 Å². The number of thioether (sulfide) groups is 1. The van der Waals surface area contributed by atoms with Crippen LogP contribution in [0, 0.1) is 13.8 Å². The quantitative estimate of drug-likeness (QED) is 0.329. The Bertz CT molecular complexity index is 1460. The summed E-state index contributed by atoms with van der Waals surface area (Å²) in [5, 5.41) is 7.98. The SMILES string of the molecule is CCCNC(=O)CN1C(=O)CS[C@@H](c2ccccc2C)c2c(-c3ccccc3)nn(-c3ccccc3C)c21. The van der Waals surface area contributed by atoms with Crippen LogP contribution in [-0.2, 0) is 9.59 Å². The standard InChI is InChI=1S/C31H32N4O2S/c1-4-18-32-26(36)19-34-27(37)20-38-30(24-16-10-8-12-21(24)2)28-29(23-14-6-5-7-15-23)33-35(31(28)34)25-17-11-9-13-22(25)3/h5-17,30H,4,18-20H2,1-3H3,(H,32,36)/t30-/m0/s1. The first-order chi connectivity index (χ1) is 18.5. The van der Waals surface area contributed by atoms with Crippen LogP contribution in [0.1, 0.15) is 40.8 Å². The Balaban J connectivity index is 1.81. The van der Waals surface area contributed by atoms with E-state index in [1.54, 1.807) is 16.7 Å². The number of anilines is 1. The molecule has 194 valence electrons. The van der Waals surface area contributed by atoms with E-state index in [1.165, 1.54) is 0 Å². The molecule has 0 radical (unpaired) electrons. The Hall–Kier alpha value is -3.84. The number of amides is 2. The minimum atomic E-state index is -0.177. The van der Waals surface area contributed by atoms with Crippen molar-refractivity contribution < 1.29 is 9.59 Å². The van der Waals surface area contributed by atoms with E-state index in [9.17, 15) is 9.59 Å². The normalized spacial score (nSPS) is 15.2. The summed E-state index contributed by atoms with van der Waals surface area (Å²) < 4.78 is 1.87. The molecule has 38 heavy (non-hydrogen) atoms. The predicted octanol–water partition coefficient (Wildman–Crippen LogP) is 5.85. The van der Waals surface area contributed by atoms with E-state index in [4.69, 9.17) is 5.10 Å². The number of rotatable bonds is 7. The first kappa shape index (κ1) is 25.8. The minimum Gasteiger partial charge on any atom is -0.355 e. The monoisotopic (exact) mass is 524 g/mol. The molecule has 0 unspecified atom stereocenters. The summed E-state index contributed by atoms with van der Waals surface area (Å²) in [7, 11) is 0. The number of benzene rings is 3. The highest BCUT2D eigenvalue weighted by Crippen LogP contribution is 2.49. The number of nitrogens with one attached hydrogen (secondary N) is 1. The molecule has 0 saturated heterocycles. The fourth-order valence-corrected chi connectivity index (χ4v) is 6.18. The lowest BCUT2D eigenvalue weighted by Crippen LogP contribution is -2.42. The van der Waals surface area contributed by atoms with E-state index >= 15 is 0 Å². The van der Waals surface area contributed by atoms with Gasteiger partial charge in [0.05, 0.1) is 22.4 Å². The molecule has 0 saturated carbocycles. The topological polar surface area (TPSA) is 67.2 Å². The van der Waals surface area contributed by atoms with Gasteiger partial charge < -0.3 is 5.32 Å². The molecule has 1 aliphatic rings. The molecule has 2 heterocycles. The zero-order valence-electron chi connectivity index (χ0n) is 22.0. The summed E-state index contributed by atoms with van der Waals surface area (Å²) in [4.78, 5) is 28.4. The van der Waals surface area contributed by atoms with E-state index in [0.717, 1.165) is 45.6 Å². The van der Waals surface area contributed by atoms with Gasteiger partial charge in [0.15, 0.2) is 0 Å². The van der Waals surface area contributed by atoms with Gasteiger partial charge in [0.2, 0.25) is 11.8 Å². The summed E-state index contributed by atoms with van der Waals surface area (Å²) in [6.45, 7) is 6.67. The summed E-state index contributed by atoms with van der Waals surface area (Å²) in [5.74, 6) is 0.641. The van der Waals surface area contributed by atoms with Crippen molar-refractivity contribution in [3.05, 3.63) is 101 Å². The maximum atomic E-state index is 13.7. The molecular formula is C31H32N4O2S. The zero-order valence-corrected chi connectivity index (χ0v) is 22.8. The molecule has 5 rings (SSSR count). The van der Waals surface area contributed by atoms with Gasteiger partial charge in [-0.1, -0.05) is 79.7 Å². The summed E-state index contributed by atoms with van der Waals surface area (Å²) in [5.41, 5.74) is 6.95. The van der Waals surface area contributed by atoms with Gasteiger partial charge in [-0.15, -0.1) is 11.8 Å². The van der Waals surface area contributed by atoms with Crippen molar-refractivity contribution >= 4 is 29.4 Å². The van der Waals surface area contributed by atoms with Crippen molar-refractivity contribution in [2.75, 3.05) is 23.7 Å². The van der Waals surface area contributed by atoms with Gasteiger partial charge >= 0.3 is 0 Å². The fraction of sp³-hybridized carbons (Fsp3) is 0.258. The number of fused-ring (bicyclic) bond motifs is 1. The summed E-state index contributed by atoms with van der Waals surface area (Å²) in [6, 6.07) is 26.4. The number of hydrogen-bond donors (Lipinski definition) is 1. The van der Waals surface area contributed by atoms with Crippen LogP contribution in [0.3, 0.4) is 0 Å². The molecule has 0 spiro atoms. The zero-order chi connectivity index (χ0) is 26.6. The molecule has 3 aromatic carbocycles. The number of nitrogens with zero attached hydrogens (tertiary/aromatic N) is 3. The van der Waals surface area contributed by atoms with E-state index < -0.39 is 0 Å². The third-order valence-corrected chi connectivity index (χ3v) is 8.06. The van der Waals surface area contributed by atoms with Crippen LogP contribution in [-0.4, -0.2) is 40.4 Å². The van der Waals surface area contributed by atoms with Crippen molar-refractivity contribution in [1.29, 1.82) is 0 Å². The summed E-state index contributed by atoms with van der Waals surface area (Å²) >= 11 is 1.60. The van der Waals surface area contributed by atoms with Crippen LogP contribution in [0.25, 0.3) is 16.9 Å². The molecule has 2 amide bonds. The lowest BCUT2D eigenvalue weighted by molar-refractivity contribution is -0.122. The fourth-order valence-electron chi connectivity index (χ4n) is 4.89. The smallest absolute Gasteiger partial charge is 0.240 e. The number of carbonyl (C=O) groups excluding carboxylic acids is 2. The largest absolute Gasteiger partial charge is 0.355 e. The summed E-state index contributed by atoms with van der Waals surface area (Å²) in [6.07, 6.45) is 0.829. The van der Waals surface area contributed by atoms with Crippen molar-refractivity contribution in [3.63, 3.8) is 0 Å². The predicted molar refractivity (Wildman–Crippen MR) is 155 cm³/mol. The van der Waals surface area contributed by atoms with Crippen LogP contribution in [0.2, 0.25) is 0 Å². The van der Waals surface area contributed by atoms with Crippen LogP contribution in [0.5, 0.6) is 0 Å². The lowest BCUT2D eigenvalue weighted by Gasteiger charge is -2.24. The highest BCUT2D eigenvalue weighted by Gasteiger charge is 2.38. The first-order valence-electron chi connectivity index (χ1n) is 13.0. The number of aryl methyl sites for hydroxylation is 2. The molecule has 7 heteroatoms. The van der Waals surface area contributed by atoms with E-state index in [-0.39, 0.29) is 29.4 Å². The minimum absolute atomic E-state index is 0.0569. The molecule has 6 nitrogen and oxygen atoms in total. The molecule has 0 fully saturated rings. The van der Waals surface area contributed by atoms with Gasteiger partial charge in [-0.25, -0.2) is 4.68 Å². The highest BCUT2D eigenvalue weighted by molar-refractivity contribution is 8.00. The number of hydrogen-bond acceptors (Lipinski definition) is 4. The molecule has 0 bridgehead atoms. The Morgan fingerprint density at radius 1 is 0.974 bits per heavy atom. The van der Waals surface area contributed by atoms with Crippen LogP contribution in [0.15, 0.2) is 78.9 Å². The van der Waals surface area contributed by atoms with Crippen molar-refractivity contribution in [3.8, 4) is 16.9 Å². The van der Waals surface area contributed by atoms with Gasteiger partial charge in [-0.2, -0.15) is 5.10 Å². The van der Waals surface area contributed by atoms with E-state index in [1.807, 2.05) is 73.1 Å². The molecule has 1 aromatic heterocycles. The Morgan fingerprint density at radius 3 is 2.37 bits per heavy atom. The second-order valence-corrected chi connectivity index (χ2v) is 10.6. The van der Waals surface area contributed by atoms with E-state index in [0.29, 0.717) is 12.4 Å². The van der Waals surface area contributed by atoms with Gasteiger partial charge in [0.1, 0.15) is 12.4 Å². The van der Waals surface area contributed by atoms with Crippen LogP contribution in [0.4, 0.5) is 5.82 Å². The molecule has 1 N–H and O–H groups in total. The number of carbonyl (C=O) groups is 2. The third kappa shape index (κ3) is 4.98. The van der Waals surface area contributed by atoms with E-state index in [2.05, 4.69) is 36.5 Å². The third-order valence-electron chi connectivity index (χ3n) is 6.82. The Labute approximate surface area is 228 Å². The van der Waals surface area contributed by atoms with Crippen molar-refractivity contribution in [2.24, 2.45) is 0 Å². The average molecular weight is 525 g/mol. The molecule has 0 aliphatic carbocycles. The van der Waals surface area contributed by atoms with Gasteiger partial charge in [-0.05, 0) is 43.0 Å². The average Bonchev–Trinajstić information content (AvgIpc) is 3.25. The molecule has 1 aliphatic heterocycles. The van der Waals surface area contributed by atoms with Gasteiger partial charge in [-0.3, -0.25) is 14.5 Å². The van der Waals surface area contributed by atoms with Gasteiger partial charge in [0, 0.05) is 17.7 Å².